The van der Waals surface area contributed by atoms with E-state index in [4.69, 9.17) is 0 Å². The van der Waals surface area contributed by atoms with Gasteiger partial charge in [0.05, 0.1) is 13.5 Å². The van der Waals surface area contributed by atoms with Crippen molar-refractivity contribution in [2.24, 2.45) is 0 Å². The second-order valence-corrected chi connectivity index (χ2v) is 7.22. The van der Waals surface area contributed by atoms with Crippen LogP contribution in [0, 0.1) is 6.92 Å². The lowest BCUT2D eigenvalue weighted by molar-refractivity contribution is -0.140. The molecule has 8 heteroatoms. The minimum absolute atomic E-state index is 0.0338. The van der Waals surface area contributed by atoms with Crippen LogP contribution in [-0.4, -0.2) is 39.4 Å². The van der Waals surface area contributed by atoms with Crippen molar-refractivity contribution in [3.05, 3.63) is 21.9 Å². The van der Waals surface area contributed by atoms with Gasteiger partial charge in [0, 0.05) is 29.9 Å². The number of carbonyl (C=O) groups excluding carboxylic acids is 1. The summed E-state index contributed by atoms with van der Waals surface area (Å²) in [5, 5.41) is 0. The highest BCUT2D eigenvalue weighted by atomic mass is 32.2. The molecule has 0 aliphatic carbocycles. The number of ether oxygens (including phenoxy) is 1. The molecule has 0 aliphatic heterocycles. The Hall–Kier alpha value is -0.960. The number of thiophene rings is 1. The van der Waals surface area contributed by atoms with E-state index in [1.54, 1.807) is 11.3 Å². The number of nitrogens with zero attached hydrogens (tertiary/aromatic N) is 1. The molecule has 0 unspecified atom stereocenters. The molecule has 1 rings (SSSR count). The van der Waals surface area contributed by atoms with Gasteiger partial charge >= 0.3 is 5.97 Å². The number of esters is 1. The lowest BCUT2D eigenvalue weighted by Gasteiger charge is -2.16. The van der Waals surface area contributed by atoms with E-state index in [2.05, 4.69) is 9.46 Å². The molecule has 1 N–H and O–H groups in total. The number of nitrogens with one attached hydrogen (secondary N) is 1. The maximum absolute atomic E-state index is 11.9. The van der Waals surface area contributed by atoms with Crippen LogP contribution < -0.4 is 4.72 Å². The summed E-state index contributed by atoms with van der Waals surface area (Å²) >= 11 is 1.54. The van der Waals surface area contributed by atoms with Crippen molar-refractivity contribution in [2.45, 2.75) is 19.9 Å². The molecule has 0 bridgehead atoms. The van der Waals surface area contributed by atoms with Crippen LogP contribution in [-0.2, 0) is 26.3 Å². The van der Waals surface area contributed by atoms with Crippen molar-refractivity contribution in [3.63, 3.8) is 0 Å². The molecule has 0 aliphatic rings. The summed E-state index contributed by atoms with van der Waals surface area (Å²) in [5.41, 5.74) is 0. The average molecular weight is 306 g/mol. The van der Waals surface area contributed by atoms with E-state index >= 15 is 0 Å². The van der Waals surface area contributed by atoms with Crippen molar-refractivity contribution in [1.82, 2.24) is 9.03 Å². The van der Waals surface area contributed by atoms with Crippen molar-refractivity contribution in [1.29, 1.82) is 0 Å². The predicted molar refractivity (Wildman–Crippen MR) is 74.1 cm³/mol. The summed E-state index contributed by atoms with van der Waals surface area (Å²) in [6, 6.07) is 3.83. The number of carbonyl (C=O) groups is 1. The molecule has 19 heavy (non-hydrogen) atoms. The van der Waals surface area contributed by atoms with Crippen LogP contribution >= 0.6 is 11.3 Å². The van der Waals surface area contributed by atoms with E-state index in [1.807, 2.05) is 19.1 Å². The second kappa shape index (κ2) is 6.99. The van der Waals surface area contributed by atoms with E-state index < -0.39 is 16.2 Å². The zero-order chi connectivity index (χ0) is 14.5. The van der Waals surface area contributed by atoms with Crippen LogP contribution in [0.5, 0.6) is 0 Å². The van der Waals surface area contributed by atoms with Crippen molar-refractivity contribution < 1.29 is 17.9 Å². The van der Waals surface area contributed by atoms with Gasteiger partial charge in [0.25, 0.3) is 10.2 Å². The van der Waals surface area contributed by atoms with Gasteiger partial charge < -0.3 is 4.74 Å². The van der Waals surface area contributed by atoms with Gasteiger partial charge in [-0.05, 0) is 19.1 Å². The summed E-state index contributed by atoms with van der Waals surface area (Å²) in [6.45, 7) is 2.31. The number of methoxy groups -OCH3 is 1. The third-order valence-corrected chi connectivity index (χ3v) is 5.01. The zero-order valence-electron chi connectivity index (χ0n) is 11.2. The Bertz CT molecular complexity index is 525. The predicted octanol–water partition coefficient (Wildman–Crippen LogP) is 0.886. The number of aryl methyl sites for hydroxylation is 1. The van der Waals surface area contributed by atoms with E-state index in [0.717, 1.165) is 14.1 Å². The molecule has 1 aromatic rings. The molecule has 0 atom stereocenters. The summed E-state index contributed by atoms with van der Waals surface area (Å²) < 4.78 is 31.8. The fraction of sp³-hybridized carbons (Fsp3) is 0.545. The van der Waals surface area contributed by atoms with Gasteiger partial charge in [0.2, 0.25) is 0 Å². The van der Waals surface area contributed by atoms with Crippen molar-refractivity contribution >= 4 is 27.5 Å². The van der Waals surface area contributed by atoms with Crippen molar-refractivity contribution in [3.8, 4) is 0 Å². The molecule has 0 saturated carbocycles. The van der Waals surface area contributed by atoms with Gasteiger partial charge in [0.1, 0.15) is 0 Å². The Balaban J connectivity index is 2.48. The van der Waals surface area contributed by atoms with Crippen LogP contribution in [0.25, 0.3) is 0 Å². The van der Waals surface area contributed by atoms with Gasteiger partial charge in [-0.25, -0.2) is 0 Å². The molecule has 0 radical (unpaired) electrons. The highest BCUT2D eigenvalue weighted by Gasteiger charge is 2.18. The Morgan fingerprint density at radius 2 is 2.16 bits per heavy atom. The van der Waals surface area contributed by atoms with Gasteiger partial charge in [-0.2, -0.15) is 17.4 Å². The van der Waals surface area contributed by atoms with Crippen LogP contribution in [0.4, 0.5) is 0 Å². The summed E-state index contributed by atoms with van der Waals surface area (Å²) in [5.74, 6) is -0.434. The van der Waals surface area contributed by atoms with E-state index in [9.17, 15) is 13.2 Å². The third-order valence-electron chi connectivity index (χ3n) is 2.49. The highest BCUT2D eigenvalue weighted by Crippen LogP contribution is 2.14. The number of hydrogen-bond donors (Lipinski definition) is 1. The standard InChI is InChI=1S/C11H18N2O4S2/c1-9-4-5-10(18-9)8-12-19(15,16)13(2)7-6-11(14)17-3/h4-5,12H,6-8H2,1-3H3. The van der Waals surface area contributed by atoms with E-state index in [0.29, 0.717) is 0 Å². The molecule has 0 saturated heterocycles. The first-order chi connectivity index (χ1) is 8.85. The maximum atomic E-state index is 11.9. The summed E-state index contributed by atoms with van der Waals surface area (Å²) in [6.07, 6.45) is 0.0338. The number of rotatable bonds is 7. The second-order valence-electron chi connectivity index (χ2n) is 3.99. The lowest BCUT2D eigenvalue weighted by Crippen LogP contribution is -2.38. The van der Waals surface area contributed by atoms with Crippen LogP contribution in [0.2, 0.25) is 0 Å². The molecule has 0 spiro atoms. The fourth-order valence-electron chi connectivity index (χ4n) is 1.32. The minimum Gasteiger partial charge on any atom is -0.469 e. The molecular weight excluding hydrogens is 288 g/mol. The summed E-state index contributed by atoms with van der Waals surface area (Å²) in [4.78, 5) is 13.0. The molecule has 1 aromatic heterocycles. The molecule has 0 aromatic carbocycles. The largest absolute Gasteiger partial charge is 0.469 e. The molecule has 1 heterocycles. The first kappa shape index (κ1) is 16.1. The SMILES string of the molecule is COC(=O)CCN(C)S(=O)(=O)NCc1ccc(C)s1. The maximum Gasteiger partial charge on any atom is 0.306 e. The molecule has 108 valence electrons. The van der Waals surface area contributed by atoms with Gasteiger partial charge in [-0.3, -0.25) is 4.79 Å². The molecule has 6 nitrogen and oxygen atoms in total. The Labute approximate surface area is 117 Å². The van der Waals surface area contributed by atoms with E-state index in [-0.39, 0.29) is 19.5 Å². The summed E-state index contributed by atoms with van der Waals surface area (Å²) in [7, 11) is -0.877. The average Bonchev–Trinajstić information content (AvgIpc) is 2.79. The van der Waals surface area contributed by atoms with Gasteiger partial charge in [0.15, 0.2) is 0 Å². The monoisotopic (exact) mass is 306 g/mol. The fourth-order valence-corrected chi connectivity index (χ4v) is 3.13. The quantitative estimate of drug-likeness (QED) is 0.759. The third kappa shape index (κ3) is 5.27. The van der Waals surface area contributed by atoms with E-state index in [1.165, 1.54) is 14.2 Å². The first-order valence-corrected chi connectivity index (χ1v) is 7.94. The number of hydrogen-bond acceptors (Lipinski definition) is 5. The lowest BCUT2D eigenvalue weighted by atomic mass is 10.4. The Kier molecular flexibility index (Phi) is 5.92. The highest BCUT2D eigenvalue weighted by molar-refractivity contribution is 7.87. The Morgan fingerprint density at radius 1 is 1.47 bits per heavy atom. The zero-order valence-corrected chi connectivity index (χ0v) is 12.8. The first-order valence-electron chi connectivity index (χ1n) is 5.68. The normalized spacial score (nSPS) is 11.8. The van der Waals surface area contributed by atoms with Crippen LogP contribution in [0.15, 0.2) is 12.1 Å². The minimum atomic E-state index is -3.57. The molecule has 0 amide bonds. The topological polar surface area (TPSA) is 75.7 Å². The van der Waals surface area contributed by atoms with Gasteiger partial charge in [-0.1, -0.05) is 0 Å². The van der Waals surface area contributed by atoms with Crippen LogP contribution in [0.3, 0.4) is 0 Å². The Morgan fingerprint density at radius 3 is 2.68 bits per heavy atom. The molecular formula is C11H18N2O4S2. The van der Waals surface area contributed by atoms with Crippen LogP contribution in [0.1, 0.15) is 16.2 Å². The smallest absolute Gasteiger partial charge is 0.306 e. The van der Waals surface area contributed by atoms with Crippen molar-refractivity contribution in [2.75, 3.05) is 20.7 Å². The molecule has 0 fully saturated rings. The van der Waals surface area contributed by atoms with Gasteiger partial charge in [-0.15, -0.1) is 11.3 Å².